The zero-order valence-corrected chi connectivity index (χ0v) is 11.6. The molecule has 0 aromatic heterocycles. The number of rotatable bonds is 3. The topological polar surface area (TPSA) is 66.3 Å². The summed E-state index contributed by atoms with van der Waals surface area (Å²) in [6, 6.07) is 16.2. The lowest BCUT2D eigenvalue weighted by molar-refractivity contribution is -0.721. The highest BCUT2D eigenvalue weighted by Gasteiger charge is 2.13. The minimum Gasteiger partial charge on any atom is -0.284 e. The maximum atomic E-state index is 11.8. The summed E-state index contributed by atoms with van der Waals surface area (Å²) in [4.78, 5) is 16.8. The Bertz CT molecular complexity index is 612. The fourth-order valence-electron chi connectivity index (χ4n) is 1.46. The van der Waals surface area contributed by atoms with Gasteiger partial charge in [-0.3, -0.25) is 10.6 Å². The van der Waals surface area contributed by atoms with E-state index in [9.17, 15) is 4.79 Å². The lowest BCUT2D eigenvalue weighted by Gasteiger charge is -1.99. The fourth-order valence-corrected chi connectivity index (χ4v) is 1.91. The molecule has 0 fully saturated rings. The second-order valence-corrected chi connectivity index (χ2v) is 4.61. The average molecular weight is 320 g/mol. The molecule has 2 aromatic rings. The molecule has 0 aliphatic heterocycles. The van der Waals surface area contributed by atoms with Crippen molar-refractivity contribution >= 4 is 27.7 Å². The van der Waals surface area contributed by atoms with E-state index in [1.807, 2.05) is 36.4 Å². The Kier molecular flexibility index (Phi) is 4.30. The molecule has 0 spiro atoms. The van der Waals surface area contributed by atoms with Crippen LogP contribution in [0.25, 0.3) is 0 Å². The van der Waals surface area contributed by atoms with Gasteiger partial charge < -0.3 is 0 Å². The molecule has 4 nitrogen and oxygen atoms in total. The predicted molar refractivity (Wildman–Crippen MR) is 75.3 cm³/mol. The number of amidine groups is 1. The van der Waals surface area contributed by atoms with E-state index in [0.717, 1.165) is 5.56 Å². The summed E-state index contributed by atoms with van der Waals surface area (Å²) in [5.74, 6) is -0.229. The number of nitrogen functional groups attached to an aromatic ring is 1. The summed E-state index contributed by atoms with van der Waals surface area (Å²) in [6.07, 6.45) is 0. The van der Waals surface area contributed by atoms with Crippen LogP contribution in [0.4, 0.5) is 0 Å². The third-order valence-corrected chi connectivity index (χ3v) is 3.12. The normalized spacial score (nSPS) is 11.1. The first-order valence-electron chi connectivity index (χ1n) is 5.58. The minimum atomic E-state index is -0.508. The molecule has 0 aliphatic rings. The quantitative estimate of drug-likeness (QED) is 0.384. The van der Waals surface area contributed by atoms with Crippen molar-refractivity contribution < 1.29 is 14.8 Å². The van der Waals surface area contributed by atoms with Crippen LogP contribution in [0.1, 0.15) is 15.9 Å². The number of carbonyl (C=O) groups is 1. The van der Waals surface area contributed by atoms with Crippen molar-refractivity contribution in [2.24, 2.45) is 5.73 Å². The van der Waals surface area contributed by atoms with E-state index in [4.69, 9.17) is 10.6 Å². The van der Waals surface area contributed by atoms with Gasteiger partial charge in [-0.05, 0) is 40.2 Å². The molecule has 0 saturated heterocycles. The first-order valence-corrected chi connectivity index (χ1v) is 6.37. The van der Waals surface area contributed by atoms with Crippen molar-refractivity contribution in [2.75, 3.05) is 0 Å². The van der Waals surface area contributed by atoms with Crippen molar-refractivity contribution in [3.8, 4) is 0 Å². The molecule has 2 rings (SSSR count). The van der Waals surface area contributed by atoms with Crippen LogP contribution >= 0.6 is 15.9 Å². The molecule has 0 atom stereocenters. The molecule has 19 heavy (non-hydrogen) atoms. The molecule has 2 aromatic carbocycles. The summed E-state index contributed by atoms with van der Waals surface area (Å²) >= 11 is 3.28. The van der Waals surface area contributed by atoms with E-state index in [-0.39, 0.29) is 5.84 Å². The van der Waals surface area contributed by atoms with Gasteiger partial charge in [0.25, 0.3) is 0 Å². The Morgan fingerprint density at radius 2 is 1.68 bits per heavy atom. The number of benzene rings is 2. The second kappa shape index (κ2) is 6.15. The lowest BCUT2D eigenvalue weighted by atomic mass is 10.2. The standard InChI is InChI=1S/C14H11BrN2O2/c15-12-9-5-4-8-11(12)14(18)19-17-13(16)10-6-2-1-3-7-10/h1-9H,(H2,16,17)/p+1. The Balaban J connectivity index is 2.11. The summed E-state index contributed by atoms with van der Waals surface area (Å²) in [7, 11) is 0. The Hall–Kier alpha value is -2.14. The summed E-state index contributed by atoms with van der Waals surface area (Å²) < 4.78 is 0.667. The summed E-state index contributed by atoms with van der Waals surface area (Å²) in [5, 5.41) is 2.45. The smallest absolute Gasteiger partial charge is 0.284 e. The SMILES string of the molecule is NC(=[NH+]OC(=O)c1ccccc1Br)c1ccccc1. The molecule has 0 amide bonds. The number of nitrogens with two attached hydrogens (primary N) is 1. The van der Waals surface area contributed by atoms with Gasteiger partial charge in [-0.2, -0.15) is 0 Å². The first kappa shape index (κ1) is 13.3. The number of hydrogen-bond donors (Lipinski definition) is 2. The van der Waals surface area contributed by atoms with Crippen molar-refractivity contribution in [3.63, 3.8) is 0 Å². The van der Waals surface area contributed by atoms with E-state index in [1.165, 1.54) is 0 Å². The Morgan fingerprint density at radius 3 is 2.37 bits per heavy atom. The molecule has 0 saturated carbocycles. The van der Waals surface area contributed by atoms with Crippen molar-refractivity contribution in [3.05, 3.63) is 70.2 Å². The van der Waals surface area contributed by atoms with Crippen molar-refractivity contribution in [2.45, 2.75) is 0 Å². The number of nitrogens with one attached hydrogen (secondary N) is 1. The van der Waals surface area contributed by atoms with E-state index < -0.39 is 5.97 Å². The largest absolute Gasteiger partial charge is 0.389 e. The minimum absolute atomic E-state index is 0.279. The van der Waals surface area contributed by atoms with Gasteiger partial charge in [0.15, 0.2) is 0 Å². The predicted octanol–water partition coefficient (Wildman–Crippen LogP) is 1.01. The third-order valence-electron chi connectivity index (χ3n) is 2.43. The molecule has 0 heterocycles. The molecule has 0 aliphatic carbocycles. The van der Waals surface area contributed by atoms with E-state index in [1.54, 1.807) is 18.2 Å². The molecule has 0 radical (unpaired) electrons. The highest BCUT2D eigenvalue weighted by Crippen LogP contribution is 2.15. The second-order valence-electron chi connectivity index (χ2n) is 3.75. The monoisotopic (exact) mass is 319 g/mol. The van der Waals surface area contributed by atoms with Gasteiger partial charge in [0.2, 0.25) is 0 Å². The van der Waals surface area contributed by atoms with Crippen LogP contribution in [0.2, 0.25) is 0 Å². The maximum absolute atomic E-state index is 11.8. The number of hydrogen-bond acceptors (Lipinski definition) is 2. The van der Waals surface area contributed by atoms with Gasteiger partial charge in [0.1, 0.15) is 0 Å². The first-order chi connectivity index (χ1) is 9.18. The lowest BCUT2D eigenvalue weighted by Crippen LogP contribution is -2.75. The van der Waals surface area contributed by atoms with Crippen LogP contribution in [-0.2, 0) is 4.84 Å². The van der Waals surface area contributed by atoms with Gasteiger partial charge in [-0.1, -0.05) is 35.5 Å². The van der Waals surface area contributed by atoms with Gasteiger partial charge in [-0.15, -0.1) is 0 Å². The van der Waals surface area contributed by atoms with E-state index >= 15 is 0 Å². The van der Waals surface area contributed by atoms with Gasteiger partial charge in [0, 0.05) is 4.47 Å². The van der Waals surface area contributed by atoms with Crippen LogP contribution in [-0.4, -0.2) is 11.8 Å². The molecular formula is C14H12BrN2O2+. The zero-order chi connectivity index (χ0) is 13.7. The van der Waals surface area contributed by atoms with Crippen molar-refractivity contribution in [1.82, 2.24) is 0 Å². The Morgan fingerprint density at radius 1 is 1.05 bits per heavy atom. The van der Waals surface area contributed by atoms with E-state index in [2.05, 4.69) is 21.1 Å². The van der Waals surface area contributed by atoms with Gasteiger partial charge in [-0.25, -0.2) is 4.79 Å². The highest BCUT2D eigenvalue weighted by molar-refractivity contribution is 9.10. The van der Waals surface area contributed by atoms with Crippen molar-refractivity contribution in [1.29, 1.82) is 0 Å². The van der Waals surface area contributed by atoms with Crippen LogP contribution in [0, 0.1) is 0 Å². The average Bonchev–Trinajstić information content (AvgIpc) is 2.46. The molecule has 0 bridgehead atoms. The highest BCUT2D eigenvalue weighted by atomic mass is 79.9. The van der Waals surface area contributed by atoms with Crippen LogP contribution in [0.15, 0.2) is 59.1 Å². The van der Waals surface area contributed by atoms with Crippen LogP contribution in [0.5, 0.6) is 0 Å². The van der Waals surface area contributed by atoms with Crippen LogP contribution in [0.3, 0.4) is 0 Å². The van der Waals surface area contributed by atoms with Crippen LogP contribution < -0.4 is 10.9 Å². The molecule has 96 valence electrons. The van der Waals surface area contributed by atoms with Gasteiger partial charge >= 0.3 is 11.8 Å². The molecule has 5 heteroatoms. The molecular weight excluding hydrogens is 308 g/mol. The number of carbonyl (C=O) groups excluding carboxylic acids is 1. The summed E-state index contributed by atoms with van der Waals surface area (Å²) in [6.45, 7) is 0. The molecule has 3 N–H and O–H groups in total. The van der Waals surface area contributed by atoms with E-state index in [0.29, 0.717) is 10.0 Å². The van der Waals surface area contributed by atoms with Gasteiger partial charge in [0.05, 0.1) is 11.1 Å². The third kappa shape index (κ3) is 3.42. The Labute approximate surface area is 119 Å². The maximum Gasteiger partial charge on any atom is 0.389 e. The fraction of sp³-hybridized carbons (Fsp3) is 0. The molecule has 0 unspecified atom stereocenters. The number of halogens is 1. The summed E-state index contributed by atoms with van der Waals surface area (Å²) in [5.41, 5.74) is 6.96. The zero-order valence-electron chi connectivity index (χ0n) is 9.97.